The molecule has 1 heterocycles. The summed E-state index contributed by atoms with van der Waals surface area (Å²) in [6, 6.07) is 0. The van der Waals surface area contributed by atoms with Gasteiger partial charge in [0.25, 0.3) is 0 Å². The lowest BCUT2D eigenvalue weighted by atomic mass is 10.2. The summed E-state index contributed by atoms with van der Waals surface area (Å²) in [5, 5.41) is 4.24. The minimum atomic E-state index is 0.114. The summed E-state index contributed by atoms with van der Waals surface area (Å²) < 4.78 is 7.79. The molecule has 5 nitrogen and oxygen atoms in total. The molecule has 19 heavy (non-hydrogen) atoms. The minimum absolute atomic E-state index is 0.114. The molecule has 1 rings (SSSR count). The molecule has 1 aromatic heterocycles. The van der Waals surface area contributed by atoms with E-state index in [2.05, 4.69) is 25.9 Å². The highest BCUT2D eigenvalue weighted by Gasteiger charge is 2.16. The predicted octanol–water partition coefficient (Wildman–Crippen LogP) is 2.21. The molecular formula is C13H22BrN3O2. The van der Waals surface area contributed by atoms with Crippen molar-refractivity contribution in [3.05, 3.63) is 16.4 Å². The number of hydrogen-bond donors (Lipinski definition) is 0. The molecule has 0 saturated heterocycles. The van der Waals surface area contributed by atoms with Crippen molar-refractivity contribution >= 4 is 21.7 Å². The van der Waals surface area contributed by atoms with E-state index in [9.17, 15) is 4.79 Å². The Bertz CT molecular complexity index is 405. The lowest BCUT2D eigenvalue weighted by molar-refractivity contribution is 0.0935. The summed E-state index contributed by atoms with van der Waals surface area (Å²) in [4.78, 5) is 14.3. The maximum Gasteiger partial charge on any atom is 0.182 e. The molecule has 0 aliphatic heterocycles. The number of aromatic nitrogens is 2. The Hall–Kier alpha value is -0.720. The number of ether oxygens (including phenoxy) is 1. The van der Waals surface area contributed by atoms with Crippen LogP contribution in [-0.4, -0.2) is 54.3 Å². The predicted molar refractivity (Wildman–Crippen MR) is 78.5 cm³/mol. The monoisotopic (exact) mass is 331 g/mol. The Morgan fingerprint density at radius 1 is 1.53 bits per heavy atom. The standard InChI is InChI=1S/C13H22BrN3O2/c1-4-19-9-5-6-12(18)13-11(14)10-15-17(13)8-7-16(2)3/h10H,4-9H2,1-3H3. The molecule has 0 amide bonds. The van der Waals surface area contributed by atoms with E-state index < -0.39 is 0 Å². The Morgan fingerprint density at radius 3 is 2.89 bits per heavy atom. The van der Waals surface area contributed by atoms with E-state index in [0.717, 1.165) is 17.4 Å². The van der Waals surface area contributed by atoms with E-state index in [1.54, 1.807) is 10.9 Å². The van der Waals surface area contributed by atoms with Gasteiger partial charge in [0, 0.05) is 26.2 Å². The average molecular weight is 332 g/mol. The van der Waals surface area contributed by atoms with Crippen LogP contribution in [0.1, 0.15) is 30.3 Å². The number of nitrogens with zero attached hydrogens (tertiary/aromatic N) is 3. The number of carbonyl (C=O) groups excluding carboxylic acids is 1. The lowest BCUT2D eigenvalue weighted by Gasteiger charge is -2.11. The third-order valence-corrected chi connectivity index (χ3v) is 3.29. The van der Waals surface area contributed by atoms with E-state index in [1.807, 2.05) is 21.0 Å². The zero-order valence-electron chi connectivity index (χ0n) is 11.9. The molecule has 0 fully saturated rings. The van der Waals surface area contributed by atoms with Crippen molar-refractivity contribution in [3.63, 3.8) is 0 Å². The number of likely N-dealkylation sites (N-methyl/N-ethyl adjacent to an activating group) is 1. The molecule has 0 aliphatic rings. The SMILES string of the molecule is CCOCCCC(=O)c1c(Br)cnn1CCN(C)C. The van der Waals surface area contributed by atoms with Crippen molar-refractivity contribution in [1.29, 1.82) is 0 Å². The molecule has 108 valence electrons. The van der Waals surface area contributed by atoms with Gasteiger partial charge in [-0.1, -0.05) is 0 Å². The summed E-state index contributed by atoms with van der Waals surface area (Å²) in [6.07, 6.45) is 2.93. The van der Waals surface area contributed by atoms with Gasteiger partial charge in [0.1, 0.15) is 5.69 Å². The molecule has 0 bridgehead atoms. The second-order valence-electron chi connectivity index (χ2n) is 4.59. The highest BCUT2D eigenvalue weighted by Crippen LogP contribution is 2.18. The maximum atomic E-state index is 12.2. The summed E-state index contributed by atoms with van der Waals surface area (Å²) in [5.74, 6) is 0.114. The van der Waals surface area contributed by atoms with Gasteiger partial charge in [0.2, 0.25) is 0 Å². The third-order valence-electron chi connectivity index (χ3n) is 2.71. The Labute approximate surface area is 123 Å². The Morgan fingerprint density at radius 2 is 2.26 bits per heavy atom. The van der Waals surface area contributed by atoms with Crippen LogP contribution in [0, 0.1) is 0 Å². The van der Waals surface area contributed by atoms with Gasteiger partial charge in [-0.05, 0) is 43.4 Å². The van der Waals surface area contributed by atoms with Gasteiger partial charge < -0.3 is 9.64 Å². The molecule has 1 aromatic rings. The van der Waals surface area contributed by atoms with Crippen LogP contribution < -0.4 is 0 Å². The van der Waals surface area contributed by atoms with Gasteiger partial charge in [-0.15, -0.1) is 0 Å². The van der Waals surface area contributed by atoms with E-state index in [-0.39, 0.29) is 5.78 Å². The number of rotatable bonds is 9. The summed E-state index contributed by atoms with van der Waals surface area (Å²) in [7, 11) is 4.00. The molecular weight excluding hydrogens is 310 g/mol. The first-order chi connectivity index (χ1) is 9.06. The van der Waals surface area contributed by atoms with Crippen LogP contribution in [0.2, 0.25) is 0 Å². The fraction of sp³-hybridized carbons (Fsp3) is 0.692. The van der Waals surface area contributed by atoms with Crippen LogP contribution in [0.15, 0.2) is 10.7 Å². The second kappa shape index (κ2) is 8.45. The molecule has 0 radical (unpaired) electrons. The highest BCUT2D eigenvalue weighted by atomic mass is 79.9. The number of carbonyl (C=O) groups is 1. The van der Waals surface area contributed by atoms with E-state index in [0.29, 0.717) is 31.9 Å². The summed E-state index contributed by atoms with van der Waals surface area (Å²) >= 11 is 3.40. The zero-order chi connectivity index (χ0) is 14.3. The van der Waals surface area contributed by atoms with Gasteiger partial charge in [-0.3, -0.25) is 9.48 Å². The number of Topliss-reactive ketones (excluding diaryl/α,β-unsaturated/α-hetero) is 1. The molecule has 0 N–H and O–H groups in total. The molecule has 0 atom stereocenters. The Kier molecular flexibility index (Phi) is 7.27. The van der Waals surface area contributed by atoms with E-state index in [1.165, 1.54) is 0 Å². The minimum Gasteiger partial charge on any atom is -0.382 e. The van der Waals surface area contributed by atoms with Crippen molar-refractivity contribution in [2.24, 2.45) is 0 Å². The van der Waals surface area contributed by atoms with Gasteiger partial charge >= 0.3 is 0 Å². The molecule has 0 spiro atoms. The summed E-state index contributed by atoms with van der Waals surface area (Å²) in [6.45, 7) is 4.84. The number of ketones is 1. The van der Waals surface area contributed by atoms with Crippen LogP contribution in [0.25, 0.3) is 0 Å². The summed E-state index contributed by atoms with van der Waals surface area (Å²) in [5.41, 5.74) is 0.665. The van der Waals surface area contributed by atoms with Gasteiger partial charge in [0.05, 0.1) is 17.2 Å². The average Bonchev–Trinajstić information content (AvgIpc) is 2.73. The lowest BCUT2D eigenvalue weighted by Crippen LogP contribution is -2.21. The van der Waals surface area contributed by atoms with Gasteiger partial charge in [-0.25, -0.2) is 0 Å². The normalized spacial score (nSPS) is 11.2. The Balaban J connectivity index is 2.59. The first-order valence-electron chi connectivity index (χ1n) is 6.53. The maximum absolute atomic E-state index is 12.2. The topological polar surface area (TPSA) is 47.4 Å². The van der Waals surface area contributed by atoms with E-state index >= 15 is 0 Å². The van der Waals surface area contributed by atoms with Gasteiger partial charge in [-0.2, -0.15) is 5.10 Å². The highest BCUT2D eigenvalue weighted by molar-refractivity contribution is 9.10. The molecule has 0 saturated carbocycles. The van der Waals surface area contributed by atoms with Crippen LogP contribution in [0.3, 0.4) is 0 Å². The molecule has 0 aromatic carbocycles. The second-order valence-corrected chi connectivity index (χ2v) is 5.45. The van der Waals surface area contributed by atoms with Crippen molar-refractivity contribution < 1.29 is 9.53 Å². The van der Waals surface area contributed by atoms with Crippen molar-refractivity contribution in [2.75, 3.05) is 33.9 Å². The fourth-order valence-corrected chi connectivity index (χ4v) is 2.22. The van der Waals surface area contributed by atoms with Crippen LogP contribution >= 0.6 is 15.9 Å². The molecule has 0 aliphatic carbocycles. The largest absolute Gasteiger partial charge is 0.382 e. The first-order valence-corrected chi connectivity index (χ1v) is 7.32. The third kappa shape index (κ3) is 5.42. The van der Waals surface area contributed by atoms with Crippen LogP contribution in [-0.2, 0) is 11.3 Å². The van der Waals surface area contributed by atoms with Crippen LogP contribution in [0.5, 0.6) is 0 Å². The smallest absolute Gasteiger partial charge is 0.182 e. The van der Waals surface area contributed by atoms with Crippen LogP contribution in [0.4, 0.5) is 0 Å². The van der Waals surface area contributed by atoms with E-state index in [4.69, 9.17) is 4.74 Å². The number of halogens is 1. The first kappa shape index (κ1) is 16.3. The number of hydrogen-bond acceptors (Lipinski definition) is 4. The quantitative estimate of drug-likeness (QED) is 0.514. The fourth-order valence-electron chi connectivity index (χ4n) is 1.70. The van der Waals surface area contributed by atoms with Gasteiger partial charge in [0.15, 0.2) is 5.78 Å². The van der Waals surface area contributed by atoms with Crippen molar-refractivity contribution in [2.45, 2.75) is 26.3 Å². The van der Waals surface area contributed by atoms with Crippen molar-refractivity contribution in [1.82, 2.24) is 14.7 Å². The zero-order valence-corrected chi connectivity index (χ0v) is 13.4. The molecule has 0 unspecified atom stereocenters. The molecule has 6 heteroatoms. The van der Waals surface area contributed by atoms with Crippen molar-refractivity contribution in [3.8, 4) is 0 Å².